The van der Waals surface area contributed by atoms with Crippen molar-refractivity contribution in [2.24, 2.45) is 11.8 Å². The first kappa shape index (κ1) is 26.5. The van der Waals surface area contributed by atoms with Gasteiger partial charge >= 0.3 is 0 Å². The average molecular weight is 539 g/mol. The van der Waals surface area contributed by atoms with Crippen molar-refractivity contribution in [1.29, 1.82) is 0 Å². The molecule has 0 aliphatic heterocycles. The molecule has 0 saturated heterocycles. The number of fused-ring (bicyclic) bond motifs is 2. The van der Waals surface area contributed by atoms with Crippen LogP contribution in [0.15, 0.2) is 59.9 Å². The highest BCUT2D eigenvalue weighted by molar-refractivity contribution is 6.55. The lowest BCUT2D eigenvalue weighted by Gasteiger charge is -2.41. The number of carbonyl (C=O) groups is 5. The zero-order valence-corrected chi connectivity index (χ0v) is 22.7. The second-order valence-corrected chi connectivity index (χ2v) is 11.7. The van der Waals surface area contributed by atoms with E-state index in [1.165, 1.54) is 6.07 Å². The molecule has 0 spiro atoms. The van der Waals surface area contributed by atoms with Gasteiger partial charge < -0.3 is 4.74 Å². The topological polar surface area (TPSA) is 94.6 Å². The van der Waals surface area contributed by atoms with Gasteiger partial charge in [0.2, 0.25) is 23.0 Å². The van der Waals surface area contributed by atoms with Crippen molar-refractivity contribution < 1.29 is 28.7 Å². The molecule has 6 heteroatoms. The van der Waals surface area contributed by atoms with Gasteiger partial charge in [-0.05, 0) is 31.6 Å². The van der Waals surface area contributed by atoms with Crippen LogP contribution in [-0.4, -0.2) is 34.5 Å². The summed E-state index contributed by atoms with van der Waals surface area (Å²) in [5.41, 5.74) is -1.15. The lowest BCUT2D eigenvalue weighted by Crippen LogP contribution is -2.60. The SMILES string of the molecule is O=C1C(OC2(C3CCCCCC3)C(=O)C(=O)c3ccccc3C2=O)=C(C2CCCCCC2)C(=O)c2ccccc21. The maximum atomic E-state index is 14.4. The fourth-order valence-corrected chi connectivity index (χ4v) is 7.28. The highest BCUT2D eigenvalue weighted by Crippen LogP contribution is 2.45. The number of carbonyl (C=O) groups excluding carboxylic acids is 5. The molecule has 0 N–H and O–H groups in total. The molecular formula is C34H34O6. The van der Waals surface area contributed by atoms with Crippen LogP contribution in [0.2, 0.25) is 0 Å². The van der Waals surface area contributed by atoms with Crippen LogP contribution in [0.5, 0.6) is 0 Å². The van der Waals surface area contributed by atoms with Gasteiger partial charge in [0.05, 0.1) is 0 Å². The van der Waals surface area contributed by atoms with E-state index in [2.05, 4.69) is 0 Å². The number of hydrogen-bond acceptors (Lipinski definition) is 6. The summed E-state index contributed by atoms with van der Waals surface area (Å²) < 4.78 is 6.60. The first-order valence-corrected chi connectivity index (χ1v) is 14.8. The second kappa shape index (κ2) is 10.7. The molecule has 1 unspecified atom stereocenters. The summed E-state index contributed by atoms with van der Waals surface area (Å²) in [5, 5.41) is 0. The average Bonchev–Trinajstić information content (AvgIpc) is 3.43. The Morgan fingerprint density at radius 3 is 1.57 bits per heavy atom. The summed E-state index contributed by atoms with van der Waals surface area (Å²) in [7, 11) is 0. The maximum Gasteiger partial charge on any atom is 0.255 e. The third kappa shape index (κ3) is 4.20. The summed E-state index contributed by atoms with van der Waals surface area (Å²) in [6.07, 6.45) is 9.93. The maximum absolute atomic E-state index is 14.4. The van der Waals surface area contributed by atoms with E-state index < -0.39 is 34.7 Å². The number of benzene rings is 2. The van der Waals surface area contributed by atoms with Crippen LogP contribution in [0.4, 0.5) is 0 Å². The summed E-state index contributed by atoms with van der Waals surface area (Å²) in [4.78, 5) is 70.4. The summed E-state index contributed by atoms with van der Waals surface area (Å²) in [6.45, 7) is 0. The monoisotopic (exact) mass is 538 g/mol. The normalized spacial score (nSPS) is 24.9. The number of Topliss-reactive ketones (excluding diaryl/α,β-unsaturated/α-hetero) is 5. The molecule has 0 amide bonds. The molecule has 2 aromatic carbocycles. The molecule has 0 bridgehead atoms. The molecule has 2 aromatic rings. The first-order chi connectivity index (χ1) is 19.4. The van der Waals surface area contributed by atoms with E-state index in [9.17, 15) is 24.0 Å². The predicted molar refractivity (Wildman–Crippen MR) is 148 cm³/mol. The molecule has 0 heterocycles. The Bertz CT molecular complexity index is 1430. The smallest absolute Gasteiger partial charge is 0.255 e. The lowest BCUT2D eigenvalue weighted by atomic mass is 9.68. The van der Waals surface area contributed by atoms with Crippen LogP contribution in [-0.2, 0) is 9.53 Å². The molecule has 6 rings (SSSR count). The lowest BCUT2D eigenvalue weighted by molar-refractivity contribution is -0.135. The van der Waals surface area contributed by atoms with Crippen molar-refractivity contribution in [3.8, 4) is 0 Å². The van der Waals surface area contributed by atoms with Gasteiger partial charge in [-0.3, -0.25) is 24.0 Å². The molecule has 1 atom stereocenters. The fourth-order valence-electron chi connectivity index (χ4n) is 7.28. The van der Waals surface area contributed by atoms with Gasteiger partial charge in [0, 0.05) is 33.7 Å². The number of allylic oxidation sites excluding steroid dienone is 2. The van der Waals surface area contributed by atoms with E-state index in [-0.39, 0.29) is 39.7 Å². The van der Waals surface area contributed by atoms with E-state index in [0.29, 0.717) is 18.4 Å². The van der Waals surface area contributed by atoms with Gasteiger partial charge in [0.1, 0.15) is 0 Å². The molecule has 40 heavy (non-hydrogen) atoms. The minimum absolute atomic E-state index is 0.0692. The van der Waals surface area contributed by atoms with Crippen molar-refractivity contribution in [2.75, 3.05) is 0 Å². The van der Waals surface area contributed by atoms with Gasteiger partial charge in [0.15, 0.2) is 11.5 Å². The Balaban J connectivity index is 1.57. The molecular weight excluding hydrogens is 504 g/mol. The highest BCUT2D eigenvalue weighted by Gasteiger charge is 2.61. The van der Waals surface area contributed by atoms with Crippen molar-refractivity contribution in [3.63, 3.8) is 0 Å². The highest BCUT2D eigenvalue weighted by atomic mass is 16.5. The van der Waals surface area contributed by atoms with Gasteiger partial charge in [-0.2, -0.15) is 0 Å². The van der Waals surface area contributed by atoms with Crippen LogP contribution in [0.3, 0.4) is 0 Å². The molecule has 0 aromatic heterocycles. The molecule has 6 nitrogen and oxygen atoms in total. The van der Waals surface area contributed by atoms with Crippen LogP contribution in [0.1, 0.15) is 118 Å². The standard InChI is InChI=1S/C34H34O6/c35-28-23-17-9-10-18-24(23)29(36)31(27(28)21-13-5-1-2-6-14-21)40-34(22-15-7-3-4-8-16-22)32(38)26-20-12-11-19-25(26)30(37)33(34)39/h9-12,17-22H,1-8,13-16H2. The van der Waals surface area contributed by atoms with E-state index in [1.54, 1.807) is 42.5 Å². The number of hydrogen-bond donors (Lipinski definition) is 0. The van der Waals surface area contributed by atoms with E-state index in [4.69, 9.17) is 4.74 Å². The fraction of sp³-hybridized carbons (Fsp3) is 0.441. The van der Waals surface area contributed by atoms with E-state index in [0.717, 1.165) is 64.2 Å². The summed E-state index contributed by atoms with van der Waals surface area (Å²) in [6, 6.07) is 13.0. The predicted octanol–water partition coefficient (Wildman–Crippen LogP) is 6.66. The van der Waals surface area contributed by atoms with Gasteiger partial charge in [-0.25, -0.2) is 0 Å². The van der Waals surface area contributed by atoms with Crippen molar-refractivity contribution in [1.82, 2.24) is 0 Å². The van der Waals surface area contributed by atoms with E-state index >= 15 is 0 Å². The Labute approximate surface area is 234 Å². The minimum atomic E-state index is -2.16. The number of rotatable bonds is 4. The summed E-state index contributed by atoms with van der Waals surface area (Å²) >= 11 is 0. The Kier molecular flexibility index (Phi) is 7.11. The van der Waals surface area contributed by atoms with Crippen LogP contribution < -0.4 is 0 Å². The van der Waals surface area contributed by atoms with Crippen molar-refractivity contribution in [3.05, 3.63) is 82.1 Å². The van der Waals surface area contributed by atoms with Gasteiger partial charge in [-0.15, -0.1) is 0 Å². The van der Waals surface area contributed by atoms with Crippen LogP contribution >= 0.6 is 0 Å². The zero-order chi connectivity index (χ0) is 27.9. The molecule has 206 valence electrons. The second-order valence-electron chi connectivity index (χ2n) is 11.7. The largest absolute Gasteiger partial charge is 0.466 e. The Morgan fingerprint density at radius 2 is 1.00 bits per heavy atom. The number of ether oxygens (including phenoxy) is 1. The third-order valence-electron chi connectivity index (χ3n) is 9.37. The van der Waals surface area contributed by atoms with Crippen molar-refractivity contribution in [2.45, 2.75) is 82.7 Å². The molecule has 4 aliphatic carbocycles. The molecule has 0 radical (unpaired) electrons. The Morgan fingerprint density at radius 1 is 0.525 bits per heavy atom. The first-order valence-electron chi connectivity index (χ1n) is 14.8. The molecule has 2 saturated carbocycles. The quantitative estimate of drug-likeness (QED) is 0.245. The molecule has 2 fully saturated rings. The Hall–Kier alpha value is -3.67. The van der Waals surface area contributed by atoms with Gasteiger partial charge in [-0.1, -0.05) is 99.9 Å². The zero-order valence-electron chi connectivity index (χ0n) is 22.7. The summed E-state index contributed by atoms with van der Waals surface area (Å²) in [5.74, 6) is -4.04. The van der Waals surface area contributed by atoms with Crippen molar-refractivity contribution >= 4 is 28.9 Å². The van der Waals surface area contributed by atoms with Gasteiger partial charge in [0.25, 0.3) is 5.78 Å². The third-order valence-corrected chi connectivity index (χ3v) is 9.37. The minimum Gasteiger partial charge on any atom is -0.466 e. The van der Waals surface area contributed by atoms with Crippen LogP contribution in [0, 0.1) is 11.8 Å². The molecule has 4 aliphatic rings. The van der Waals surface area contributed by atoms with E-state index in [1.807, 2.05) is 0 Å². The van der Waals surface area contributed by atoms with Crippen LogP contribution in [0.25, 0.3) is 0 Å². The number of ketones is 5.